The van der Waals surface area contributed by atoms with E-state index in [4.69, 9.17) is 0 Å². The van der Waals surface area contributed by atoms with Crippen LogP contribution in [0, 0.1) is 5.92 Å². The lowest BCUT2D eigenvalue weighted by atomic mass is 10.0. The average Bonchev–Trinajstić information content (AvgIpc) is 3.60. The fourth-order valence-electron chi connectivity index (χ4n) is 4.82. The largest absolute Gasteiger partial charge is 0.371 e. The Kier molecular flexibility index (Phi) is 6.46. The second-order valence-electron chi connectivity index (χ2n) is 9.17. The molecule has 3 aliphatic rings. The molecule has 1 aliphatic carbocycles. The van der Waals surface area contributed by atoms with Crippen LogP contribution < -0.4 is 15.5 Å². The van der Waals surface area contributed by atoms with Gasteiger partial charge in [0, 0.05) is 44.3 Å². The van der Waals surface area contributed by atoms with Gasteiger partial charge >= 0.3 is 0 Å². The Morgan fingerprint density at radius 3 is 2.56 bits per heavy atom. The summed E-state index contributed by atoms with van der Waals surface area (Å²) in [5, 5.41) is 10.7. The summed E-state index contributed by atoms with van der Waals surface area (Å²) in [6.07, 6.45) is 6.70. The van der Waals surface area contributed by atoms with Crippen molar-refractivity contribution in [2.75, 3.05) is 42.9 Å². The van der Waals surface area contributed by atoms with E-state index in [2.05, 4.69) is 32.4 Å². The topological polar surface area (TPSA) is 64.7 Å². The second-order valence-corrected chi connectivity index (χ2v) is 9.95. The quantitative estimate of drug-likeness (QED) is 0.711. The molecule has 2 aromatic rings. The zero-order chi connectivity index (χ0) is 21.9. The van der Waals surface area contributed by atoms with Gasteiger partial charge < -0.3 is 20.4 Å². The van der Waals surface area contributed by atoms with Crippen molar-refractivity contribution < 1.29 is 9.59 Å². The number of hydrogen-bond donors (Lipinski definition) is 2. The molecule has 1 aromatic heterocycles. The molecule has 170 valence electrons. The van der Waals surface area contributed by atoms with Crippen molar-refractivity contribution in [3.8, 4) is 0 Å². The molecule has 0 bridgehead atoms. The highest BCUT2D eigenvalue weighted by Gasteiger charge is 2.32. The van der Waals surface area contributed by atoms with Crippen molar-refractivity contribution in [1.29, 1.82) is 0 Å². The van der Waals surface area contributed by atoms with Gasteiger partial charge in [-0.05, 0) is 66.3 Å². The van der Waals surface area contributed by atoms with E-state index in [1.54, 1.807) is 11.3 Å². The maximum Gasteiger partial charge on any atom is 0.256 e. The van der Waals surface area contributed by atoms with Crippen LogP contribution >= 0.6 is 11.3 Å². The van der Waals surface area contributed by atoms with Crippen LogP contribution in [0.15, 0.2) is 35.0 Å². The van der Waals surface area contributed by atoms with Crippen LogP contribution in [0.4, 0.5) is 11.4 Å². The van der Waals surface area contributed by atoms with E-state index in [-0.39, 0.29) is 23.8 Å². The lowest BCUT2D eigenvalue weighted by molar-refractivity contribution is -0.117. The van der Waals surface area contributed by atoms with Crippen molar-refractivity contribution in [1.82, 2.24) is 10.2 Å². The van der Waals surface area contributed by atoms with Crippen molar-refractivity contribution in [3.05, 3.63) is 46.2 Å². The standard InChI is InChI=1S/C25H32N4O2S/c30-24(18-5-6-18)27-20-7-8-21(22(15-20)28-11-3-1-2-4-12-28)25(31)29-13-10-26-16-23(29)19-9-14-32-17-19/h7-9,14-15,17-18,23,26H,1-6,10-13,16H2,(H,27,30). The number of benzene rings is 1. The van der Waals surface area contributed by atoms with Crippen LogP contribution in [-0.2, 0) is 4.79 Å². The minimum absolute atomic E-state index is 0.0497. The van der Waals surface area contributed by atoms with Crippen LogP contribution in [0.3, 0.4) is 0 Å². The highest BCUT2D eigenvalue weighted by Crippen LogP contribution is 2.34. The van der Waals surface area contributed by atoms with Gasteiger partial charge in [0.15, 0.2) is 0 Å². The van der Waals surface area contributed by atoms with Crippen LogP contribution in [-0.4, -0.2) is 49.4 Å². The first-order valence-corrected chi connectivity index (χ1v) is 12.9. The summed E-state index contributed by atoms with van der Waals surface area (Å²) in [5.41, 5.74) is 3.71. The molecule has 2 saturated heterocycles. The van der Waals surface area contributed by atoms with E-state index < -0.39 is 0 Å². The minimum Gasteiger partial charge on any atom is -0.371 e. The van der Waals surface area contributed by atoms with E-state index in [0.29, 0.717) is 6.54 Å². The monoisotopic (exact) mass is 452 g/mol. The molecule has 7 heteroatoms. The molecule has 1 unspecified atom stereocenters. The van der Waals surface area contributed by atoms with Gasteiger partial charge in [-0.25, -0.2) is 0 Å². The number of piperazine rings is 1. The maximum absolute atomic E-state index is 13.9. The highest BCUT2D eigenvalue weighted by atomic mass is 32.1. The number of amides is 2. The fourth-order valence-corrected chi connectivity index (χ4v) is 5.52. The van der Waals surface area contributed by atoms with Crippen LogP contribution in [0.1, 0.15) is 60.5 Å². The number of thiophene rings is 1. The lowest BCUT2D eigenvalue weighted by Crippen LogP contribution is -2.48. The third kappa shape index (κ3) is 4.69. The zero-order valence-electron chi connectivity index (χ0n) is 18.5. The highest BCUT2D eigenvalue weighted by molar-refractivity contribution is 7.08. The molecule has 6 nitrogen and oxygen atoms in total. The summed E-state index contributed by atoms with van der Waals surface area (Å²) in [4.78, 5) is 30.6. The van der Waals surface area contributed by atoms with E-state index >= 15 is 0 Å². The van der Waals surface area contributed by atoms with Gasteiger partial charge in [0.05, 0.1) is 17.3 Å². The first kappa shape index (κ1) is 21.5. The third-order valence-electron chi connectivity index (χ3n) is 6.82. The maximum atomic E-state index is 13.9. The Morgan fingerprint density at radius 2 is 1.84 bits per heavy atom. The molecule has 32 heavy (non-hydrogen) atoms. The van der Waals surface area contributed by atoms with Crippen molar-refractivity contribution >= 4 is 34.5 Å². The number of nitrogens with zero attached hydrogens (tertiary/aromatic N) is 2. The number of nitrogens with one attached hydrogen (secondary N) is 2. The predicted molar refractivity (Wildman–Crippen MR) is 129 cm³/mol. The SMILES string of the molecule is O=C(Nc1ccc(C(=O)N2CCNCC2c2ccsc2)c(N2CCCCCC2)c1)C1CC1. The van der Waals surface area contributed by atoms with Crippen molar-refractivity contribution in [2.24, 2.45) is 5.92 Å². The summed E-state index contributed by atoms with van der Waals surface area (Å²) in [5.74, 6) is 0.345. The number of hydrogen-bond acceptors (Lipinski definition) is 5. The number of rotatable bonds is 5. The molecule has 2 amide bonds. The molecule has 0 spiro atoms. The predicted octanol–water partition coefficient (Wildman–Crippen LogP) is 4.26. The summed E-state index contributed by atoms with van der Waals surface area (Å²) >= 11 is 1.67. The van der Waals surface area contributed by atoms with Crippen LogP contribution in [0.25, 0.3) is 0 Å². The van der Waals surface area contributed by atoms with Gasteiger partial charge in [-0.2, -0.15) is 11.3 Å². The first-order chi connectivity index (χ1) is 15.7. The lowest BCUT2D eigenvalue weighted by Gasteiger charge is -2.37. The fraction of sp³-hybridized carbons (Fsp3) is 0.520. The second kappa shape index (κ2) is 9.63. The van der Waals surface area contributed by atoms with Gasteiger partial charge in [0.2, 0.25) is 5.91 Å². The number of carbonyl (C=O) groups is 2. The van der Waals surface area contributed by atoms with Crippen LogP contribution in [0.2, 0.25) is 0 Å². The van der Waals surface area contributed by atoms with E-state index in [1.165, 1.54) is 18.4 Å². The molecule has 1 saturated carbocycles. The normalized spacial score (nSPS) is 21.8. The first-order valence-electron chi connectivity index (χ1n) is 11.9. The molecule has 2 aliphatic heterocycles. The molecule has 1 aromatic carbocycles. The molecule has 3 fully saturated rings. The number of carbonyl (C=O) groups excluding carboxylic acids is 2. The Morgan fingerprint density at radius 1 is 1.03 bits per heavy atom. The van der Waals surface area contributed by atoms with Crippen molar-refractivity contribution in [3.63, 3.8) is 0 Å². The van der Waals surface area contributed by atoms with E-state index in [0.717, 1.165) is 68.8 Å². The Labute approximate surface area is 194 Å². The van der Waals surface area contributed by atoms with Gasteiger partial charge in [0.1, 0.15) is 0 Å². The summed E-state index contributed by atoms with van der Waals surface area (Å²) in [7, 11) is 0. The minimum atomic E-state index is 0.0497. The average molecular weight is 453 g/mol. The molecular weight excluding hydrogens is 420 g/mol. The van der Waals surface area contributed by atoms with Crippen LogP contribution in [0.5, 0.6) is 0 Å². The molecule has 0 radical (unpaired) electrons. The number of anilines is 2. The van der Waals surface area contributed by atoms with Gasteiger partial charge in [-0.15, -0.1) is 0 Å². The Balaban J connectivity index is 1.46. The smallest absolute Gasteiger partial charge is 0.256 e. The molecule has 1 atom stereocenters. The molecular formula is C25H32N4O2S. The Bertz CT molecular complexity index is 949. The van der Waals surface area contributed by atoms with Gasteiger partial charge in [-0.3, -0.25) is 9.59 Å². The third-order valence-corrected chi connectivity index (χ3v) is 7.52. The van der Waals surface area contributed by atoms with Crippen molar-refractivity contribution in [2.45, 2.75) is 44.6 Å². The van der Waals surface area contributed by atoms with Gasteiger partial charge in [-0.1, -0.05) is 12.8 Å². The van der Waals surface area contributed by atoms with E-state index in [1.807, 2.05) is 23.1 Å². The molecule has 2 N–H and O–H groups in total. The Hall–Kier alpha value is -2.38. The van der Waals surface area contributed by atoms with Gasteiger partial charge in [0.25, 0.3) is 5.91 Å². The van der Waals surface area contributed by atoms with E-state index in [9.17, 15) is 9.59 Å². The zero-order valence-corrected chi connectivity index (χ0v) is 19.3. The molecule has 5 rings (SSSR count). The summed E-state index contributed by atoms with van der Waals surface area (Å²) < 4.78 is 0. The summed E-state index contributed by atoms with van der Waals surface area (Å²) in [6, 6.07) is 8.03. The summed E-state index contributed by atoms with van der Waals surface area (Å²) in [6.45, 7) is 4.18. The molecule has 3 heterocycles.